The molecule has 4 rings (SSSR count). The lowest BCUT2D eigenvalue weighted by Crippen LogP contribution is -2.25. The van der Waals surface area contributed by atoms with Crippen molar-refractivity contribution in [2.45, 2.75) is 0 Å². The molecule has 4 nitrogen and oxygen atoms in total. The molecular formula is C16H11NO3. The Hall–Kier alpha value is -2.75. The largest absolute Gasteiger partial charge is 0.482 e. The summed E-state index contributed by atoms with van der Waals surface area (Å²) in [5.41, 5.74) is 3.67. The van der Waals surface area contributed by atoms with Crippen LogP contribution in [0.1, 0.15) is 0 Å². The lowest BCUT2D eigenvalue weighted by atomic mass is 10.0. The molecule has 0 aliphatic carbocycles. The molecular weight excluding hydrogens is 254 g/mol. The maximum absolute atomic E-state index is 11.4. The van der Waals surface area contributed by atoms with Gasteiger partial charge in [-0.2, -0.15) is 0 Å². The predicted molar refractivity (Wildman–Crippen MR) is 75.8 cm³/mol. The van der Waals surface area contributed by atoms with Crippen molar-refractivity contribution in [1.82, 2.24) is 0 Å². The molecule has 1 N–H and O–H groups in total. The van der Waals surface area contributed by atoms with Crippen LogP contribution in [0.4, 0.5) is 5.69 Å². The van der Waals surface area contributed by atoms with E-state index in [0.29, 0.717) is 11.4 Å². The second-order valence-corrected chi connectivity index (χ2v) is 4.72. The van der Waals surface area contributed by atoms with E-state index in [1.54, 1.807) is 6.26 Å². The monoisotopic (exact) mass is 265 g/mol. The van der Waals surface area contributed by atoms with Crippen LogP contribution >= 0.6 is 0 Å². The number of furan rings is 1. The van der Waals surface area contributed by atoms with Crippen LogP contribution in [0.15, 0.2) is 53.1 Å². The Balaban J connectivity index is 1.81. The Labute approximate surface area is 115 Å². The molecule has 0 fully saturated rings. The maximum Gasteiger partial charge on any atom is 0.262 e. The van der Waals surface area contributed by atoms with E-state index < -0.39 is 0 Å². The van der Waals surface area contributed by atoms with Gasteiger partial charge in [0.2, 0.25) is 0 Å². The third-order valence-corrected chi connectivity index (χ3v) is 3.40. The van der Waals surface area contributed by atoms with Gasteiger partial charge in [0.25, 0.3) is 5.91 Å². The van der Waals surface area contributed by atoms with Gasteiger partial charge >= 0.3 is 0 Å². The van der Waals surface area contributed by atoms with E-state index in [0.717, 1.165) is 22.1 Å². The van der Waals surface area contributed by atoms with E-state index in [9.17, 15) is 4.79 Å². The molecule has 98 valence electrons. The molecule has 1 aromatic heterocycles. The van der Waals surface area contributed by atoms with E-state index in [1.807, 2.05) is 36.4 Å². The van der Waals surface area contributed by atoms with Gasteiger partial charge in [0.05, 0.1) is 12.0 Å². The first-order valence-electron chi connectivity index (χ1n) is 6.34. The molecule has 3 aromatic rings. The van der Waals surface area contributed by atoms with Crippen molar-refractivity contribution < 1.29 is 13.9 Å². The number of hydrogen-bond donors (Lipinski definition) is 1. The van der Waals surface area contributed by atoms with Gasteiger partial charge < -0.3 is 14.5 Å². The fourth-order valence-electron chi connectivity index (χ4n) is 2.41. The van der Waals surface area contributed by atoms with Crippen molar-refractivity contribution in [3.63, 3.8) is 0 Å². The topological polar surface area (TPSA) is 51.5 Å². The molecule has 2 aromatic carbocycles. The number of amides is 1. The number of fused-ring (bicyclic) bond motifs is 2. The highest BCUT2D eigenvalue weighted by molar-refractivity contribution is 5.96. The van der Waals surface area contributed by atoms with Crippen LogP contribution in [0, 0.1) is 0 Å². The van der Waals surface area contributed by atoms with Gasteiger partial charge in [-0.15, -0.1) is 0 Å². The van der Waals surface area contributed by atoms with Crippen LogP contribution in [0.25, 0.3) is 22.1 Å². The number of nitrogens with one attached hydrogen (secondary N) is 1. The maximum atomic E-state index is 11.4. The summed E-state index contributed by atoms with van der Waals surface area (Å²) in [4.78, 5) is 11.4. The number of carbonyl (C=O) groups excluding carboxylic acids is 1. The summed E-state index contributed by atoms with van der Waals surface area (Å²) >= 11 is 0. The molecule has 1 amide bonds. The van der Waals surface area contributed by atoms with Crippen LogP contribution in [-0.4, -0.2) is 12.5 Å². The normalized spacial score (nSPS) is 13.7. The summed E-state index contributed by atoms with van der Waals surface area (Å²) < 4.78 is 10.7. The van der Waals surface area contributed by atoms with Gasteiger partial charge in [0.15, 0.2) is 6.61 Å². The van der Waals surface area contributed by atoms with Crippen molar-refractivity contribution in [2.75, 3.05) is 11.9 Å². The van der Waals surface area contributed by atoms with Crippen LogP contribution in [-0.2, 0) is 4.79 Å². The molecule has 1 aliphatic heterocycles. The molecule has 0 radical (unpaired) electrons. The molecule has 2 heterocycles. The Morgan fingerprint density at radius 3 is 2.80 bits per heavy atom. The number of benzene rings is 2. The molecule has 4 heteroatoms. The summed E-state index contributed by atoms with van der Waals surface area (Å²) in [6, 6.07) is 13.7. The Morgan fingerprint density at radius 1 is 1.00 bits per heavy atom. The smallest absolute Gasteiger partial charge is 0.262 e. The SMILES string of the molecule is O=C1COc2ccc(-c3ccc4occc4c3)cc2N1. The summed E-state index contributed by atoms with van der Waals surface area (Å²) in [5.74, 6) is 0.581. The van der Waals surface area contributed by atoms with Gasteiger partial charge in [0, 0.05) is 5.39 Å². The first-order chi connectivity index (χ1) is 9.79. The number of carbonyl (C=O) groups is 1. The lowest BCUT2D eigenvalue weighted by Gasteiger charge is -2.18. The van der Waals surface area contributed by atoms with Crippen LogP contribution < -0.4 is 10.1 Å². The molecule has 0 saturated heterocycles. The molecule has 1 aliphatic rings. The number of rotatable bonds is 1. The Morgan fingerprint density at radius 2 is 1.85 bits per heavy atom. The van der Waals surface area contributed by atoms with Crippen molar-refractivity contribution in [3.05, 3.63) is 48.7 Å². The fourth-order valence-corrected chi connectivity index (χ4v) is 2.41. The number of anilines is 1. The van der Waals surface area contributed by atoms with Crippen molar-refractivity contribution >= 4 is 22.6 Å². The molecule has 0 saturated carbocycles. The van der Waals surface area contributed by atoms with E-state index in [2.05, 4.69) is 11.4 Å². The lowest BCUT2D eigenvalue weighted by molar-refractivity contribution is -0.118. The zero-order valence-corrected chi connectivity index (χ0v) is 10.6. The number of ether oxygens (including phenoxy) is 1. The van der Waals surface area contributed by atoms with Gasteiger partial charge in [-0.1, -0.05) is 12.1 Å². The van der Waals surface area contributed by atoms with E-state index in [4.69, 9.17) is 9.15 Å². The first-order valence-corrected chi connectivity index (χ1v) is 6.34. The second-order valence-electron chi connectivity index (χ2n) is 4.72. The molecule has 20 heavy (non-hydrogen) atoms. The van der Waals surface area contributed by atoms with Crippen LogP contribution in [0.3, 0.4) is 0 Å². The minimum absolute atomic E-state index is 0.0767. The first kappa shape index (κ1) is 11.1. The predicted octanol–water partition coefficient (Wildman–Crippen LogP) is 3.43. The van der Waals surface area contributed by atoms with E-state index in [-0.39, 0.29) is 12.5 Å². The van der Waals surface area contributed by atoms with Crippen molar-refractivity contribution in [3.8, 4) is 16.9 Å². The third-order valence-electron chi connectivity index (χ3n) is 3.40. The highest BCUT2D eigenvalue weighted by Gasteiger charge is 2.16. The molecule has 0 atom stereocenters. The average molecular weight is 265 g/mol. The summed E-state index contributed by atoms with van der Waals surface area (Å²) in [7, 11) is 0. The molecule has 0 bridgehead atoms. The Kier molecular flexibility index (Phi) is 2.29. The summed E-state index contributed by atoms with van der Waals surface area (Å²) in [5, 5.41) is 3.88. The highest BCUT2D eigenvalue weighted by atomic mass is 16.5. The minimum atomic E-state index is -0.125. The molecule has 0 unspecified atom stereocenters. The number of hydrogen-bond acceptors (Lipinski definition) is 3. The minimum Gasteiger partial charge on any atom is -0.482 e. The quantitative estimate of drug-likeness (QED) is 0.733. The Bertz CT molecular complexity index is 819. The van der Waals surface area contributed by atoms with E-state index >= 15 is 0 Å². The highest BCUT2D eigenvalue weighted by Crippen LogP contribution is 2.33. The molecule has 0 spiro atoms. The average Bonchev–Trinajstić information content (AvgIpc) is 2.93. The summed E-state index contributed by atoms with van der Waals surface area (Å²) in [6.07, 6.45) is 1.68. The van der Waals surface area contributed by atoms with Gasteiger partial charge in [-0.3, -0.25) is 4.79 Å². The van der Waals surface area contributed by atoms with Crippen molar-refractivity contribution in [1.29, 1.82) is 0 Å². The fraction of sp³-hybridized carbons (Fsp3) is 0.0625. The second kappa shape index (κ2) is 4.13. The van der Waals surface area contributed by atoms with Crippen LogP contribution in [0.5, 0.6) is 5.75 Å². The third kappa shape index (κ3) is 1.73. The zero-order valence-electron chi connectivity index (χ0n) is 10.6. The van der Waals surface area contributed by atoms with Crippen LogP contribution in [0.2, 0.25) is 0 Å². The van der Waals surface area contributed by atoms with Gasteiger partial charge in [-0.25, -0.2) is 0 Å². The van der Waals surface area contributed by atoms with Gasteiger partial charge in [0.1, 0.15) is 11.3 Å². The standard InChI is InChI=1S/C16H11NO3/c18-16-9-20-15-4-2-11(8-13(15)17-16)10-1-3-14-12(7-10)5-6-19-14/h1-8H,9H2,(H,17,18). The van der Waals surface area contributed by atoms with Gasteiger partial charge in [-0.05, 0) is 41.5 Å². The zero-order chi connectivity index (χ0) is 13.5. The van der Waals surface area contributed by atoms with Crippen molar-refractivity contribution in [2.24, 2.45) is 0 Å². The summed E-state index contributed by atoms with van der Waals surface area (Å²) in [6.45, 7) is 0.0767. The van der Waals surface area contributed by atoms with E-state index in [1.165, 1.54) is 0 Å².